The zero-order chi connectivity index (χ0) is 11.1. The fourth-order valence-electron chi connectivity index (χ4n) is 1.84. The molecule has 0 unspecified atom stereocenters. The monoisotopic (exact) mass is 208 g/mol. The summed E-state index contributed by atoms with van der Waals surface area (Å²) in [7, 11) is 0. The van der Waals surface area contributed by atoms with E-state index >= 15 is 0 Å². The van der Waals surface area contributed by atoms with Crippen molar-refractivity contribution in [2.75, 3.05) is 0 Å². The number of carboxylic acids is 1. The Morgan fingerprint density at radius 3 is 2.80 bits per heavy atom. The Morgan fingerprint density at radius 2 is 2.33 bits per heavy atom. The zero-order valence-corrected chi connectivity index (χ0v) is 9.10. The maximum atomic E-state index is 11.1. The number of hydrogen-bond acceptors (Lipinski definition) is 2. The topological polar surface area (TPSA) is 55.1 Å². The molecule has 1 aliphatic carbocycles. The number of carbonyl (C=O) groups is 1. The lowest BCUT2D eigenvalue weighted by molar-refractivity contribution is -0.140. The van der Waals surface area contributed by atoms with Gasteiger partial charge in [0.2, 0.25) is 0 Å². The number of rotatable bonds is 4. The quantitative estimate of drug-likeness (QED) is 0.818. The Morgan fingerprint density at radius 1 is 1.67 bits per heavy atom. The average molecular weight is 208 g/mol. The predicted octanol–water partition coefficient (Wildman–Crippen LogP) is 1.66. The smallest absolute Gasteiger partial charge is 0.314 e. The van der Waals surface area contributed by atoms with Crippen molar-refractivity contribution in [3.8, 4) is 0 Å². The second-order valence-electron chi connectivity index (χ2n) is 4.73. The molecular formula is C11H16N2O2. The molecule has 0 aromatic carbocycles. The molecule has 15 heavy (non-hydrogen) atoms. The maximum absolute atomic E-state index is 11.1. The largest absolute Gasteiger partial charge is 0.481 e. The highest BCUT2D eigenvalue weighted by atomic mass is 16.4. The average Bonchev–Trinajstić information content (AvgIpc) is 2.83. The molecule has 0 aliphatic heterocycles. The van der Waals surface area contributed by atoms with Gasteiger partial charge in [0.15, 0.2) is 0 Å². The lowest BCUT2D eigenvalue weighted by Crippen LogP contribution is -2.18. The van der Waals surface area contributed by atoms with Gasteiger partial charge in [-0.05, 0) is 18.8 Å². The van der Waals surface area contributed by atoms with E-state index in [9.17, 15) is 4.79 Å². The van der Waals surface area contributed by atoms with Gasteiger partial charge in [0.05, 0.1) is 11.6 Å². The van der Waals surface area contributed by atoms with E-state index in [0.29, 0.717) is 5.92 Å². The van der Waals surface area contributed by atoms with E-state index in [1.165, 1.54) is 0 Å². The molecule has 1 aliphatic rings. The molecule has 4 heteroatoms. The van der Waals surface area contributed by atoms with Crippen LogP contribution in [0.2, 0.25) is 0 Å². The molecule has 0 atom stereocenters. The number of aromatic nitrogens is 2. The van der Waals surface area contributed by atoms with Crippen LogP contribution in [0.3, 0.4) is 0 Å². The lowest BCUT2D eigenvalue weighted by Gasteiger charge is -2.06. The first kappa shape index (κ1) is 10.2. The van der Waals surface area contributed by atoms with E-state index in [1.807, 2.05) is 10.9 Å². The van der Waals surface area contributed by atoms with Crippen LogP contribution in [0.25, 0.3) is 0 Å². The minimum Gasteiger partial charge on any atom is -0.481 e. The SMILES string of the molecule is CC(C)Cn1cc(C2(C(=O)O)CC2)cn1. The minimum absolute atomic E-state index is 0.526. The summed E-state index contributed by atoms with van der Waals surface area (Å²) in [5.41, 5.74) is 0.241. The molecule has 1 aromatic heterocycles. The van der Waals surface area contributed by atoms with Crippen LogP contribution in [0.1, 0.15) is 32.3 Å². The Bertz CT molecular complexity index is 378. The molecule has 1 fully saturated rings. The van der Waals surface area contributed by atoms with Crippen LogP contribution in [0, 0.1) is 5.92 Å². The van der Waals surface area contributed by atoms with Crippen molar-refractivity contribution in [3.05, 3.63) is 18.0 Å². The van der Waals surface area contributed by atoms with Gasteiger partial charge in [0.1, 0.15) is 0 Å². The highest BCUT2D eigenvalue weighted by Crippen LogP contribution is 2.48. The van der Waals surface area contributed by atoms with Gasteiger partial charge in [-0.2, -0.15) is 5.10 Å². The number of aliphatic carboxylic acids is 1. The van der Waals surface area contributed by atoms with E-state index < -0.39 is 11.4 Å². The number of nitrogens with zero attached hydrogens (tertiary/aromatic N) is 2. The standard InChI is InChI=1S/C11H16N2O2/c1-8(2)6-13-7-9(5-12-13)11(3-4-11)10(14)15/h5,7-8H,3-4,6H2,1-2H3,(H,14,15). The van der Waals surface area contributed by atoms with Gasteiger partial charge in [-0.3, -0.25) is 9.48 Å². The zero-order valence-electron chi connectivity index (χ0n) is 9.10. The summed E-state index contributed by atoms with van der Waals surface area (Å²) in [6.45, 7) is 5.08. The van der Waals surface area contributed by atoms with E-state index in [0.717, 1.165) is 24.9 Å². The highest BCUT2D eigenvalue weighted by molar-refractivity contribution is 5.84. The molecule has 0 spiro atoms. The van der Waals surface area contributed by atoms with Crippen molar-refractivity contribution >= 4 is 5.97 Å². The lowest BCUT2D eigenvalue weighted by atomic mass is 10.0. The first-order chi connectivity index (χ1) is 7.04. The first-order valence-electron chi connectivity index (χ1n) is 5.31. The highest BCUT2D eigenvalue weighted by Gasteiger charge is 2.52. The molecule has 1 aromatic rings. The molecule has 1 N–H and O–H groups in total. The van der Waals surface area contributed by atoms with Gasteiger partial charge in [-0.1, -0.05) is 13.8 Å². The van der Waals surface area contributed by atoms with Crippen LogP contribution >= 0.6 is 0 Å². The van der Waals surface area contributed by atoms with Crippen molar-refractivity contribution in [1.29, 1.82) is 0 Å². The summed E-state index contributed by atoms with van der Waals surface area (Å²) in [6, 6.07) is 0. The molecule has 0 radical (unpaired) electrons. The van der Waals surface area contributed by atoms with Crippen LogP contribution in [0.15, 0.2) is 12.4 Å². The Labute approximate surface area is 88.9 Å². The van der Waals surface area contributed by atoms with Gasteiger partial charge >= 0.3 is 5.97 Å². The van der Waals surface area contributed by atoms with Crippen LogP contribution in [0.4, 0.5) is 0 Å². The van der Waals surface area contributed by atoms with Gasteiger partial charge in [0.25, 0.3) is 0 Å². The summed E-state index contributed by atoms with van der Waals surface area (Å²) in [5.74, 6) is -0.190. The molecule has 4 nitrogen and oxygen atoms in total. The normalized spacial score (nSPS) is 18.1. The Balaban J connectivity index is 2.17. The molecule has 0 amide bonds. The molecule has 1 heterocycles. The predicted molar refractivity (Wildman–Crippen MR) is 55.6 cm³/mol. The molecule has 0 saturated heterocycles. The second-order valence-corrected chi connectivity index (χ2v) is 4.73. The van der Waals surface area contributed by atoms with Crippen LogP contribution in [-0.4, -0.2) is 20.9 Å². The van der Waals surface area contributed by atoms with Crippen LogP contribution in [-0.2, 0) is 16.8 Å². The molecule has 82 valence electrons. The Hall–Kier alpha value is -1.32. The summed E-state index contributed by atoms with van der Waals surface area (Å²) < 4.78 is 1.84. The van der Waals surface area contributed by atoms with E-state index in [1.54, 1.807) is 6.20 Å². The third-order valence-electron chi connectivity index (χ3n) is 2.90. The van der Waals surface area contributed by atoms with E-state index in [4.69, 9.17) is 5.11 Å². The van der Waals surface area contributed by atoms with Gasteiger partial charge in [0, 0.05) is 18.3 Å². The van der Waals surface area contributed by atoms with E-state index in [-0.39, 0.29) is 0 Å². The summed E-state index contributed by atoms with van der Waals surface area (Å²) in [4.78, 5) is 11.1. The van der Waals surface area contributed by atoms with Gasteiger partial charge in [-0.25, -0.2) is 0 Å². The fourth-order valence-corrected chi connectivity index (χ4v) is 1.84. The minimum atomic E-state index is -0.716. The number of carboxylic acid groups (broad SMARTS) is 1. The van der Waals surface area contributed by atoms with Crippen molar-refractivity contribution in [2.45, 2.75) is 38.6 Å². The van der Waals surface area contributed by atoms with Crippen molar-refractivity contribution in [2.24, 2.45) is 5.92 Å². The molecule has 2 rings (SSSR count). The summed E-state index contributed by atoms with van der Waals surface area (Å²) >= 11 is 0. The van der Waals surface area contributed by atoms with Crippen molar-refractivity contribution in [1.82, 2.24) is 9.78 Å². The van der Waals surface area contributed by atoms with Gasteiger partial charge < -0.3 is 5.11 Å². The molecular weight excluding hydrogens is 192 g/mol. The van der Waals surface area contributed by atoms with Crippen molar-refractivity contribution < 1.29 is 9.90 Å². The Kier molecular flexibility index (Phi) is 2.29. The fraction of sp³-hybridized carbons (Fsp3) is 0.636. The second kappa shape index (κ2) is 3.36. The first-order valence-corrected chi connectivity index (χ1v) is 5.31. The van der Waals surface area contributed by atoms with E-state index in [2.05, 4.69) is 18.9 Å². The van der Waals surface area contributed by atoms with Crippen LogP contribution in [0.5, 0.6) is 0 Å². The summed E-state index contributed by atoms with van der Waals surface area (Å²) in [5, 5.41) is 13.3. The molecule has 0 bridgehead atoms. The maximum Gasteiger partial charge on any atom is 0.314 e. The third-order valence-corrected chi connectivity index (χ3v) is 2.90. The van der Waals surface area contributed by atoms with Crippen LogP contribution < -0.4 is 0 Å². The number of hydrogen-bond donors (Lipinski definition) is 1. The van der Waals surface area contributed by atoms with Gasteiger partial charge in [-0.15, -0.1) is 0 Å². The summed E-state index contributed by atoms with van der Waals surface area (Å²) in [6.07, 6.45) is 5.07. The molecule has 1 saturated carbocycles. The van der Waals surface area contributed by atoms with Crippen molar-refractivity contribution in [3.63, 3.8) is 0 Å². The third kappa shape index (κ3) is 1.76.